The first-order valence-electron chi connectivity index (χ1n) is 5.90. The van der Waals surface area contributed by atoms with E-state index < -0.39 is 12.0 Å². The van der Waals surface area contributed by atoms with Crippen molar-refractivity contribution in [3.8, 4) is 0 Å². The third kappa shape index (κ3) is 4.55. The average Bonchev–Trinajstić information content (AvgIpc) is 2.36. The summed E-state index contributed by atoms with van der Waals surface area (Å²) in [5.41, 5.74) is 7.19. The highest BCUT2D eigenvalue weighted by molar-refractivity contribution is 5.94. The molecule has 0 heterocycles. The summed E-state index contributed by atoms with van der Waals surface area (Å²) in [6.45, 7) is 1.85. The number of nitrogens with one attached hydrogen (secondary N) is 1. The van der Waals surface area contributed by atoms with E-state index in [0.717, 1.165) is 5.56 Å². The molecule has 0 aromatic heterocycles. The van der Waals surface area contributed by atoms with E-state index in [1.54, 1.807) is 24.3 Å². The lowest BCUT2D eigenvalue weighted by molar-refractivity contribution is -0.137. The number of aryl methyl sites for hydroxylation is 1. The molecule has 0 spiro atoms. The first kappa shape index (κ1) is 14.2. The summed E-state index contributed by atoms with van der Waals surface area (Å²) in [5, 5.41) is 11.3. The van der Waals surface area contributed by atoms with Crippen molar-refractivity contribution >= 4 is 17.6 Å². The van der Waals surface area contributed by atoms with Gasteiger partial charge in [0.25, 0.3) is 0 Å². The number of carbonyl (C=O) groups is 2. The van der Waals surface area contributed by atoms with Crippen LogP contribution in [-0.2, 0) is 16.0 Å². The Morgan fingerprint density at radius 1 is 1.33 bits per heavy atom. The molecule has 4 N–H and O–H groups in total. The number of benzene rings is 1. The molecule has 18 heavy (non-hydrogen) atoms. The van der Waals surface area contributed by atoms with Gasteiger partial charge in [-0.25, -0.2) is 0 Å². The Bertz CT molecular complexity index is 415. The molecule has 1 rings (SSSR count). The van der Waals surface area contributed by atoms with Gasteiger partial charge in [0.1, 0.15) is 0 Å². The lowest BCUT2D eigenvalue weighted by Gasteiger charge is -2.10. The summed E-state index contributed by atoms with van der Waals surface area (Å²) >= 11 is 0. The molecular formula is C13H18N2O3. The molecule has 1 aromatic carbocycles. The van der Waals surface area contributed by atoms with Crippen LogP contribution in [0.5, 0.6) is 0 Å². The molecule has 1 amide bonds. The van der Waals surface area contributed by atoms with E-state index in [1.807, 2.05) is 6.92 Å². The van der Waals surface area contributed by atoms with Crippen LogP contribution < -0.4 is 11.1 Å². The topological polar surface area (TPSA) is 92.4 Å². The van der Waals surface area contributed by atoms with Gasteiger partial charge in [-0.15, -0.1) is 0 Å². The quantitative estimate of drug-likeness (QED) is 0.711. The minimum atomic E-state index is -0.818. The Morgan fingerprint density at radius 2 is 1.94 bits per heavy atom. The van der Waals surface area contributed by atoms with Crippen LogP contribution >= 0.6 is 0 Å². The minimum absolute atomic E-state index is 0.104. The molecule has 0 saturated heterocycles. The zero-order valence-electron chi connectivity index (χ0n) is 10.3. The van der Waals surface area contributed by atoms with Crippen molar-refractivity contribution in [3.05, 3.63) is 29.8 Å². The maximum absolute atomic E-state index is 11.5. The molecular weight excluding hydrogens is 232 g/mol. The second-order valence-electron chi connectivity index (χ2n) is 4.09. The minimum Gasteiger partial charge on any atom is -0.481 e. The number of nitrogens with two attached hydrogens (primary N) is 1. The summed E-state index contributed by atoms with van der Waals surface area (Å²) < 4.78 is 0. The molecule has 0 radical (unpaired) electrons. The van der Waals surface area contributed by atoms with Gasteiger partial charge in [0, 0.05) is 12.1 Å². The molecule has 0 aliphatic heterocycles. The Labute approximate surface area is 106 Å². The van der Waals surface area contributed by atoms with Crippen molar-refractivity contribution in [1.29, 1.82) is 0 Å². The maximum Gasteiger partial charge on any atom is 0.303 e. The highest BCUT2D eigenvalue weighted by Gasteiger charge is 2.10. The monoisotopic (exact) mass is 250 g/mol. The van der Waals surface area contributed by atoms with Crippen LogP contribution in [0.3, 0.4) is 0 Å². The fourth-order valence-electron chi connectivity index (χ4n) is 1.43. The molecule has 5 heteroatoms. The van der Waals surface area contributed by atoms with Crippen LogP contribution in [-0.4, -0.2) is 23.0 Å². The third-order valence-corrected chi connectivity index (χ3v) is 2.63. The van der Waals surface area contributed by atoms with E-state index in [-0.39, 0.29) is 12.3 Å². The highest BCUT2D eigenvalue weighted by Crippen LogP contribution is 2.11. The van der Waals surface area contributed by atoms with E-state index in [4.69, 9.17) is 10.8 Å². The van der Waals surface area contributed by atoms with Gasteiger partial charge >= 0.3 is 5.97 Å². The van der Waals surface area contributed by atoms with E-state index in [9.17, 15) is 9.59 Å². The van der Waals surface area contributed by atoms with Crippen molar-refractivity contribution in [3.63, 3.8) is 0 Å². The van der Waals surface area contributed by atoms with E-state index >= 15 is 0 Å². The smallest absolute Gasteiger partial charge is 0.303 e. The summed E-state index contributed by atoms with van der Waals surface area (Å²) in [7, 11) is 0. The number of hydrogen-bond donors (Lipinski definition) is 3. The first-order valence-corrected chi connectivity index (χ1v) is 5.90. The van der Waals surface area contributed by atoms with Crippen LogP contribution in [0.15, 0.2) is 24.3 Å². The number of rotatable bonds is 6. The maximum atomic E-state index is 11.5. The van der Waals surface area contributed by atoms with Gasteiger partial charge in [-0.05, 0) is 30.5 Å². The van der Waals surface area contributed by atoms with Crippen LogP contribution in [0.1, 0.15) is 25.3 Å². The van der Waals surface area contributed by atoms with Gasteiger partial charge in [0.15, 0.2) is 0 Å². The van der Waals surface area contributed by atoms with E-state index in [2.05, 4.69) is 5.32 Å². The molecule has 0 aliphatic carbocycles. The predicted octanol–water partition coefficient (Wildman–Crippen LogP) is 1.38. The van der Waals surface area contributed by atoms with Crippen molar-refractivity contribution in [2.45, 2.75) is 32.2 Å². The Kier molecular flexibility index (Phi) is 5.32. The zero-order chi connectivity index (χ0) is 13.5. The van der Waals surface area contributed by atoms with Crippen molar-refractivity contribution in [2.75, 3.05) is 5.32 Å². The standard InChI is InChI=1S/C13H18N2O3/c1-2-11(14)13(18)15-10-6-3-9(4-7-10)5-8-12(16)17/h3-4,6-7,11H,2,5,8,14H2,1H3,(H,15,18)(H,16,17)/t11-/m0/s1. The fraction of sp³-hybridized carbons (Fsp3) is 0.385. The van der Waals surface area contributed by atoms with Gasteiger partial charge in [-0.2, -0.15) is 0 Å². The molecule has 1 atom stereocenters. The number of hydrogen-bond acceptors (Lipinski definition) is 3. The summed E-state index contributed by atoms with van der Waals surface area (Å²) in [6.07, 6.45) is 1.17. The summed E-state index contributed by atoms with van der Waals surface area (Å²) in [5.74, 6) is -1.03. The van der Waals surface area contributed by atoms with Crippen LogP contribution in [0.2, 0.25) is 0 Å². The first-order chi connectivity index (χ1) is 8.52. The van der Waals surface area contributed by atoms with Crippen molar-refractivity contribution in [1.82, 2.24) is 0 Å². The van der Waals surface area contributed by atoms with Crippen molar-refractivity contribution in [2.24, 2.45) is 5.73 Å². The van der Waals surface area contributed by atoms with E-state index in [0.29, 0.717) is 18.5 Å². The molecule has 1 aromatic rings. The molecule has 0 saturated carbocycles. The lowest BCUT2D eigenvalue weighted by atomic mass is 10.1. The molecule has 0 unspecified atom stereocenters. The Morgan fingerprint density at radius 3 is 2.44 bits per heavy atom. The lowest BCUT2D eigenvalue weighted by Crippen LogP contribution is -2.34. The normalized spacial score (nSPS) is 11.9. The largest absolute Gasteiger partial charge is 0.481 e. The number of amides is 1. The second kappa shape index (κ2) is 6.76. The van der Waals surface area contributed by atoms with Gasteiger partial charge in [-0.1, -0.05) is 19.1 Å². The zero-order valence-corrected chi connectivity index (χ0v) is 10.3. The van der Waals surface area contributed by atoms with E-state index in [1.165, 1.54) is 0 Å². The predicted molar refractivity (Wildman–Crippen MR) is 69.3 cm³/mol. The van der Waals surface area contributed by atoms with Crippen molar-refractivity contribution < 1.29 is 14.7 Å². The SMILES string of the molecule is CC[C@H](N)C(=O)Nc1ccc(CCC(=O)O)cc1. The molecule has 0 bridgehead atoms. The Hall–Kier alpha value is -1.88. The second-order valence-corrected chi connectivity index (χ2v) is 4.09. The number of aliphatic carboxylic acids is 1. The molecule has 0 fully saturated rings. The fourth-order valence-corrected chi connectivity index (χ4v) is 1.43. The number of anilines is 1. The van der Waals surface area contributed by atoms with Gasteiger partial charge in [0.2, 0.25) is 5.91 Å². The van der Waals surface area contributed by atoms with Crippen LogP contribution in [0.4, 0.5) is 5.69 Å². The third-order valence-electron chi connectivity index (χ3n) is 2.63. The highest BCUT2D eigenvalue weighted by atomic mass is 16.4. The number of carbonyl (C=O) groups excluding carboxylic acids is 1. The summed E-state index contributed by atoms with van der Waals surface area (Å²) in [4.78, 5) is 22.0. The average molecular weight is 250 g/mol. The summed E-state index contributed by atoms with van der Waals surface area (Å²) in [6, 6.07) is 6.60. The van der Waals surface area contributed by atoms with Crippen LogP contribution in [0, 0.1) is 0 Å². The van der Waals surface area contributed by atoms with Gasteiger partial charge in [-0.3, -0.25) is 9.59 Å². The Balaban J connectivity index is 2.55. The van der Waals surface area contributed by atoms with Crippen LogP contribution in [0.25, 0.3) is 0 Å². The molecule has 5 nitrogen and oxygen atoms in total. The number of carboxylic acid groups (broad SMARTS) is 1. The molecule has 0 aliphatic rings. The van der Waals surface area contributed by atoms with Gasteiger partial charge < -0.3 is 16.2 Å². The number of carboxylic acids is 1. The van der Waals surface area contributed by atoms with Gasteiger partial charge in [0.05, 0.1) is 6.04 Å². The molecule has 98 valence electrons.